The lowest BCUT2D eigenvalue weighted by Gasteiger charge is -2.11. The second-order valence-corrected chi connectivity index (χ2v) is 6.46. The zero-order chi connectivity index (χ0) is 16.4. The standard InChI is InChI=1S/C18H18BrN3O/c1-11(2)23-18-8-5-13(9-15(18)19)17-10-16(21-22-17)12-3-6-14(20)7-4-12/h3-11H,20H2,1-2H3,(H,21,22). The first kappa shape index (κ1) is 15.6. The lowest BCUT2D eigenvalue weighted by Crippen LogP contribution is -2.05. The van der Waals surface area contributed by atoms with E-state index in [9.17, 15) is 0 Å². The minimum absolute atomic E-state index is 0.139. The minimum Gasteiger partial charge on any atom is -0.490 e. The Labute approximate surface area is 143 Å². The van der Waals surface area contributed by atoms with E-state index in [4.69, 9.17) is 10.5 Å². The molecule has 4 nitrogen and oxygen atoms in total. The van der Waals surface area contributed by atoms with Crippen molar-refractivity contribution in [1.82, 2.24) is 10.2 Å². The normalized spacial score (nSPS) is 11.0. The van der Waals surface area contributed by atoms with Crippen LogP contribution in [0.2, 0.25) is 0 Å². The highest BCUT2D eigenvalue weighted by Crippen LogP contribution is 2.32. The van der Waals surface area contributed by atoms with Crippen molar-refractivity contribution in [2.75, 3.05) is 5.73 Å². The molecule has 0 aliphatic rings. The third-order valence-electron chi connectivity index (χ3n) is 3.39. The van der Waals surface area contributed by atoms with Crippen LogP contribution < -0.4 is 10.5 Å². The number of benzene rings is 2. The van der Waals surface area contributed by atoms with Gasteiger partial charge in [-0.15, -0.1) is 0 Å². The first-order chi connectivity index (χ1) is 11.0. The number of anilines is 1. The maximum atomic E-state index is 5.73. The van der Waals surface area contributed by atoms with Crippen molar-refractivity contribution in [3.05, 3.63) is 53.0 Å². The number of hydrogen-bond donors (Lipinski definition) is 2. The second-order valence-electron chi connectivity index (χ2n) is 5.60. The van der Waals surface area contributed by atoms with Crippen LogP contribution in [0.25, 0.3) is 22.5 Å². The number of nitrogens with one attached hydrogen (secondary N) is 1. The van der Waals surface area contributed by atoms with Crippen LogP contribution in [0.4, 0.5) is 5.69 Å². The predicted octanol–water partition coefficient (Wildman–Crippen LogP) is 4.88. The van der Waals surface area contributed by atoms with E-state index >= 15 is 0 Å². The van der Waals surface area contributed by atoms with Crippen LogP contribution in [0.5, 0.6) is 5.75 Å². The number of nitrogens with zero attached hydrogens (tertiary/aromatic N) is 1. The van der Waals surface area contributed by atoms with Crippen molar-refractivity contribution in [3.63, 3.8) is 0 Å². The molecule has 3 N–H and O–H groups in total. The zero-order valence-electron chi connectivity index (χ0n) is 13.0. The van der Waals surface area contributed by atoms with Crippen molar-refractivity contribution in [2.24, 2.45) is 0 Å². The molecule has 1 heterocycles. The monoisotopic (exact) mass is 371 g/mol. The highest BCUT2D eigenvalue weighted by molar-refractivity contribution is 9.10. The molecule has 3 rings (SSSR count). The van der Waals surface area contributed by atoms with Gasteiger partial charge in [-0.25, -0.2) is 0 Å². The Balaban J connectivity index is 1.88. The summed E-state index contributed by atoms with van der Waals surface area (Å²) in [7, 11) is 0. The first-order valence-electron chi connectivity index (χ1n) is 7.41. The average Bonchev–Trinajstić information content (AvgIpc) is 2.99. The number of nitrogen functional groups attached to an aromatic ring is 1. The highest BCUT2D eigenvalue weighted by atomic mass is 79.9. The smallest absolute Gasteiger partial charge is 0.133 e. The van der Waals surface area contributed by atoms with Gasteiger partial charge in [0.25, 0.3) is 0 Å². The van der Waals surface area contributed by atoms with Gasteiger partial charge in [-0.05, 0) is 71.7 Å². The first-order valence-corrected chi connectivity index (χ1v) is 8.20. The molecule has 5 heteroatoms. The summed E-state index contributed by atoms with van der Waals surface area (Å²) in [6.45, 7) is 4.01. The van der Waals surface area contributed by atoms with Crippen molar-refractivity contribution in [1.29, 1.82) is 0 Å². The van der Waals surface area contributed by atoms with Crippen molar-refractivity contribution >= 4 is 21.6 Å². The molecule has 0 atom stereocenters. The lowest BCUT2D eigenvalue weighted by molar-refractivity contribution is 0.241. The molecule has 0 saturated heterocycles. The fraction of sp³-hybridized carbons (Fsp3) is 0.167. The number of aromatic nitrogens is 2. The van der Waals surface area contributed by atoms with E-state index < -0.39 is 0 Å². The predicted molar refractivity (Wildman–Crippen MR) is 97.3 cm³/mol. The summed E-state index contributed by atoms with van der Waals surface area (Å²) in [5, 5.41) is 7.47. The van der Waals surface area contributed by atoms with Gasteiger partial charge in [-0.1, -0.05) is 12.1 Å². The Kier molecular flexibility index (Phi) is 4.39. The molecule has 1 aromatic heterocycles. The Hall–Kier alpha value is -2.27. The number of aromatic amines is 1. The quantitative estimate of drug-likeness (QED) is 0.642. The fourth-order valence-corrected chi connectivity index (χ4v) is 2.76. The summed E-state index contributed by atoms with van der Waals surface area (Å²) in [6, 6.07) is 15.7. The Morgan fingerprint density at radius 1 is 1.04 bits per heavy atom. The molecule has 0 radical (unpaired) electrons. The number of H-pyrrole nitrogens is 1. The molecule has 0 unspecified atom stereocenters. The molecular weight excluding hydrogens is 354 g/mol. The Morgan fingerprint density at radius 2 is 1.74 bits per heavy atom. The van der Waals surface area contributed by atoms with E-state index in [2.05, 4.69) is 26.1 Å². The number of nitrogens with two attached hydrogens (primary N) is 1. The van der Waals surface area contributed by atoms with Crippen LogP contribution >= 0.6 is 15.9 Å². The minimum atomic E-state index is 0.139. The van der Waals surface area contributed by atoms with Gasteiger partial charge < -0.3 is 10.5 Å². The van der Waals surface area contributed by atoms with E-state index in [1.54, 1.807) is 0 Å². The number of hydrogen-bond acceptors (Lipinski definition) is 3. The second kappa shape index (κ2) is 6.46. The SMILES string of the molecule is CC(C)Oc1ccc(-c2cc(-c3ccc(N)cc3)[nH]n2)cc1Br. The van der Waals surface area contributed by atoms with Crippen LogP contribution in [0.3, 0.4) is 0 Å². The van der Waals surface area contributed by atoms with Crippen molar-refractivity contribution in [3.8, 4) is 28.3 Å². The molecule has 0 amide bonds. The average molecular weight is 372 g/mol. The summed E-state index contributed by atoms with van der Waals surface area (Å²) in [5.41, 5.74) is 10.4. The van der Waals surface area contributed by atoms with Gasteiger partial charge in [0.2, 0.25) is 0 Å². The van der Waals surface area contributed by atoms with Gasteiger partial charge in [0.1, 0.15) is 5.75 Å². The molecule has 3 aromatic rings. The van der Waals surface area contributed by atoms with Gasteiger partial charge in [0, 0.05) is 11.3 Å². The molecule has 0 spiro atoms. The molecule has 0 bridgehead atoms. The molecular formula is C18H18BrN3O. The summed E-state index contributed by atoms with van der Waals surface area (Å²) < 4.78 is 6.65. The van der Waals surface area contributed by atoms with Gasteiger partial charge in [-0.3, -0.25) is 5.10 Å². The van der Waals surface area contributed by atoms with Gasteiger partial charge in [0.15, 0.2) is 0 Å². The molecule has 0 aliphatic carbocycles. The molecule has 2 aromatic carbocycles. The zero-order valence-corrected chi connectivity index (χ0v) is 14.6. The molecule has 0 saturated carbocycles. The van der Waals surface area contributed by atoms with Gasteiger partial charge in [-0.2, -0.15) is 5.10 Å². The third kappa shape index (κ3) is 3.56. The van der Waals surface area contributed by atoms with Crippen LogP contribution in [0.1, 0.15) is 13.8 Å². The van der Waals surface area contributed by atoms with Crippen LogP contribution in [0.15, 0.2) is 53.0 Å². The lowest BCUT2D eigenvalue weighted by atomic mass is 10.1. The molecule has 118 valence electrons. The van der Waals surface area contributed by atoms with E-state index in [-0.39, 0.29) is 6.10 Å². The summed E-state index contributed by atoms with van der Waals surface area (Å²) in [6.07, 6.45) is 0.139. The molecule has 23 heavy (non-hydrogen) atoms. The van der Waals surface area contributed by atoms with E-state index in [1.165, 1.54) is 0 Å². The topological polar surface area (TPSA) is 63.9 Å². The van der Waals surface area contributed by atoms with Crippen LogP contribution in [0, 0.1) is 0 Å². The third-order valence-corrected chi connectivity index (χ3v) is 4.01. The van der Waals surface area contributed by atoms with Crippen LogP contribution in [-0.4, -0.2) is 16.3 Å². The summed E-state index contributed by atoms with van der Waals surface area (Å²) >= 11 is 3.56. The van der Waals surface area contributed by atoms with E-state index in [0.29, 0.717) is 0 Å². The van der Waals surface area contributed by atoms with Gasteiger partial charge >= 0.3 is 0 Å². The van der Waals surface area contributed by atoms with Crippen molar-refractivity contribution in [2.45, 2.75) is 20.0 Å². The highest BCUT2D eigenvalue weighted by Gasteiger charge is 2.09. The maximum Gasteiger partial charge on any atom is 0.133 e. The molecule has 0 aliphatic heterocycles. The Morgan fingerprint density at radius 3 is 2.39 bits per heavy atom. The summed E-state index contributed by atoms with van der Waals surface area (Å²) in [5.74, 6) is 0.832. The number of ether oxygens (including phenoxy) is 1. The summed E-state index contributed by atoms with van der Waals surface area (Å²) in [4.78, 5) is 0. The largest absolute Gasteiger partial charge is 0.490 e. The Bertz CT molecular complexity index is 809. The fourth-order valence-electron chi connectivity index (χ4n) is 2.29. The number of rotatable bonds is 4. The van der Waals surface area contributed by atoms with Gasteiger partial charge in [0.05, 0.1) is 22.0 Å². The molecule has 0 fully saturated rings. The maximum absolute atomic E-state index is 5.73. The van der Waals surface area contributed by atoms with E-state index in [1.807, 2.05) is 62.4 Å². The van der Waals surface area contributed by atoms with Crippen LogP contribution in [-0.2, 0) is 0 Å². The van der Waals surface area contributed by atoms with Crippen molar-refractivity contribution < 1.29 is 4.74 Å². The number of halogens is 1. The van der Waals surface area contributed by atoms with E-state index in [0.717, 1.165) is 38.4 Å².